The first kappa shape index (κ1) is 30.3. The van der Waals surface area contributed by atoms with Crippen molar-refractivity contribution in [3.05, 3.63) is 182 Å². The molecule has 5 heteroatoms. The van der Waals surface area contributed by atoms with E-state index in [1.54, 1.807) is 0 Å². The first-order valence-corrected chi connectivity index (χ1v) is 18.0. The van der Waals surface area contributed by atoms with Crippen molar-refractivity contribution in [1.82, 2.24) is 4.98 Å². The highest BCUT2D eigenvalue weighted by Crippen LogP contribution is 2.47. The quantitative estimate of drug-likeness (QED) is 0.173. The molecule has 0 unspecified atom stereocenters. The van der Waals surface area contributed by atoms with Crippen molar-refractivity contribution >= 4 is 72.0 Å². The maximum atomic E-state index is 6.76. The highest BCUT2D eigenvalue weighted by Gasteiger charge is 2.25. The van der Waals surface area contributed by atoms with Crippen molar-refractivity contribution in [2.24, 2.45) is 0 Å². The summed E-state index contributed by atoms with van der Waals surface area (Å²) < 4.78 is 19.6. The molecule has 8 aromatic carbocycles. The zero-order chi connectivity index (χ0) is 35.6. The van der Waals surface area contributed by atoms with Crippen LogP contribution in [0.25, 0.3) is 88.7 Å². The second-order valence-corrected chi connectivity index (χ2v) is 13.5. The maximum Gasteiger partial charge on any atom is 0.227 e. The lowest BCUT2D eigenvalue weighted by Crippen LogP contribution is -2.10. The van der Waals surface area contributed by atoms with E-state index in [1.165, 1.54) is 0 Å². The fourth-order valence-electron chi connectivity index (χ4n) is 7.80. The lowest BCUT2D eigenvalue weighted by atomic mass is 9.99. The van der Waals surface area contributed by atoms with E-state index >= 15 is 0 Å². The third kappa shape index (κ3) is 4.83. The van der Waals surface area contributed by atoms with Gasteiger partial charge in [0.15, 0.2) is 11.2 Å². The molecule has 0 spiro atoms. The van der Waals surface area contributed by atoms with Gasteiger partial charge in [-0.1, -0.05) is 121 Å². The average Bonchev–Trinajstić information content (AvgIpc) is 3.96. The third-order valence-electron chi connectivity index (χ3n) is 10.3. The van der Waals surface area contributed by atoms with E-state index < -0.39 is 0 Å². The molecule has 0 aliphatic carbocycles. The van der Waals surface area contributed by atoms with Crippen LogP contribution in [0.5, 0.6) is 0 Å². The van der Waals surface area contributed by atoms with Crippen LogP contribution < -0.4 is 4.90 Å². The molecule has 0 bridgehead atoms. The van der Waals surface area contributed by atoms with E-state index in [9.17, 15) is 0 Å². The molecule has 11 rings (SSSR count). The van der Waals surface area contributed by atoms with Gasteiger partial charge in [0.2, 0.25) is 5.89 Å². The molecule has 0 aliphatic heterocycles. The zero-order valence-electron chi connectivity index (χ0n) is 28.9. The molecule has 0 fully saturated rings. The van der Waals surface area contributed by atoms with Gasteiger partial charge in [-0.3, -0.25) is 0 Å². The van der Waals surface area contributed by atoms with Crippen molar-refractivity contribution in [2.75, 3.05) is 4.90 Å². The van der Waals surface area contributed by atoms with Crippen LogP contribution in [0.2, 0.25) is 0 Å². The number of aromatic nitrogens is 1. The number of hydrogen-bond donors (Lipinski definition) is 0. The number of nitrogens with zero attached hydrogens (tertiary/aromatic N) is 2. The predicted molar refractivity (Wildman–Crippen MR) is 220 cm³/mol. The Hall–Kier alpha value is -7.37. The number of hydrogen-bond acceptors (Lipinski definition) is 5. The second-order valence-electron chi connectivity index (χ2n) is 13.5. The zero-order valence-corrected chi connectivity index (χ0v) is 28.9. The molecule has 254 valence electrons. The van der Waals surface area contributed by atoms with Crippen LogP contribution in [-0.4, -0.2) is 4.98 Å². The number of benzene rings is 8. The molecular formula is C49H30N2O3. The number of oxazole rings is 1. The molecule has 5 nitrogen and oxygen atoms in total. The Balaban J connectivity index is 1.13. The SMILES string of the molecule is c1ccc(-c2ccc(N(c3ccc(-c4cccc5oc6ccccc6c45)cc3)c3cc4oc(-c5ccccc5)nc4c4c3oc3ccccc34)cc2)cc1. The molecule has 0 aliphatic rings. The molecule has 11 aromatic rings. The molecule has 3 aromatic heterocycles. The van der Waals surface area contributed by atoms with Gasteiger partial charge in [0.25, 0.3) is 0 Å². The largest absolute Gasteiger partial charge is 0.456 e. The Morgan fingerprint density at radius 2 is 0.944 bits per heavy atom. The smallest absolute Gasteiger partial charge is 0.227 e. The van der Waals surface area contributed by atoms with Crippen LogP contribution in [0.3, 0.4) is 0 Å². The van der Waals surface area contributed by atoms with Gasteiger partial charge in [-0.15, -0.1) is 0 Å². The lowest BCUT2D eigenvalue weighted by molar-refractivity contribution is 0.619. The van der Waals surface area contributed by atoms with E-state index in [-0.39, 0.29) is 0 Å². The second kappa shape index (κ2) is 12.1. The summed E-state index contributed by atoms with van der Waals surface area (Å²) in [5.41, 5.74) is 13.0. The minimum Gasteiger partial charge on any atom is -0.456 e. The predicted octanol–water partition coefficient (Wildman–Crippen LogP) is 14.1. The fourth-order valence-corrected chi connectivity index (χ4v) is 7.80. The lowest BCUT2D eigenvalue weighted by Gasteiger charge is -2.26. The van der Waals surface area contributed by atoms with Crippen molar-refractivity contribution in [3.8, 4) is 33.7 Å². The molecule has 0 amide bonds. The third-order valence-corrected chi connectivity index (χ3v) is 10.3. The van der Waals surface area contributed by atoms with Gasteiger partial charge in [0, 0.05) is 39.2 Å². The van der Waals surface area contributed by atoms with Crippen LogP contribution in [0.1, 0.15) is 0 Å². The number of furan rings is 2. The summed E-state index contributed by atoms with van der Waals surface area (Å²) >= 11 is 0. The van der Waals surface area contributed by atoms with Crippen LogP contribution in [0, 0.1) is 0 Å². The Morgan fingerprint density at radius 3 is 1.65 bits per heavy atom. The molecule has 0 saturated heterocycles. The van der Waals surface area contributed by atoms with E-state index in [4.69, 9.17) is 18.2 Å². The molecule has 0 N–H and O–H groups in total. The van der Waals surface area contributed by atoms with Gasteiger partial charge in [-0.05, 0) is 76.9 Å². The topological polar surface area (TPSA) is 55.6 Å². The summed E-state index contributed by atoms with van der Waals surface area (Å²) in [7, 11) is 0. The summed E-state index contributed by atoms with van der Waals surface area (Å²) in [5, 5.41) is 4.13. The Morgan fingerprint density at radius 1 is 0.389 bits per heavy atom. The Bertz CT molecular complexity index is 3140. The van der Waals surface area contributed by atoms with Gasteiger partial charge >= 0.3 is 0 Å². The summed E-state index contributed by atoms with van der Waals surface area (Å²) in [6, 6.07) is 62.6. The van der Waals surface area contributed by atoms with Crippen LogP contribution in [0.15, 0.2) is 195 Å². The summed E-state index contributed by atoms with van der Waals surface area (Å²) in [6.45, 7) is 0. The molecular weight excluding hydrogens is 665 g/mol. The molecule has 3 heterocycles. The standard InChI is InChI=1S/C49H30N2O3/c1-3-12-31(13-4-1)32-22-26-35(27-23-32)51(36-28-24-33(25-29-36)37-18-11-21-43-45(37)38-16-7-9-19-41(38)52-43)40-30-44-47(50-49(54-44)34-14-5-2-6-15-34)46-39-17-8-10-20-42(39)53-48(40)46/h1-30H. The molecule has 0 atom stereocenters. The summed E-state index contributed by atoms with van der Waals surface area (Å²) in [5.74, 6) is 0.568. The summed E-state index contributed by atoms with van der Waals surface area (Å²) in [6.07, 6.45) is 0. The molecule has 54 heavy (non-hydrogen) atoms. The van der Waals surface area contributed by atoms with Crippen LogP contribution in [-0.2, 0) is 0 Å². The van der Waals surface area contributed by atoms with Gasteiger partial charge in [-0.2, -0.15) is 0 Å². The fraction of sp³-hybridized carbons (Fsp3) is 0. The van der Waals surface area contributed by atoms with Crippen molar-refractivity contribution in [3.63, 3.8) is 0 Å². The molecule has 0 saturated carbocycles. The Kier molecular flexibility index (Phi) is 6.79. The molecule has 0 radical (unpaired) electrons. The first-order chi connectivity index (χ1) is 26.8. The van der Waals surface area contributed by atoms with E-state index in [0.29, 0.717) is 11.5 Å². The number of anilines is 3. The van der Waals surface area contributed by atoms with Gasteiger partial charge in [0.1, 0.15) is 22.3 Å². The van der Waals surface area contributed by atoms with Crippen molar-refractivity contribution in [2.45, 2.75) is 0 Å². The van der Waals surface area contributed by atoms with E-state index in [1.807, 2.05) is 72.8 Å². The average molecular weight is 695 g/mol. The minimum atomic E-state index is 0.568. The summed E-state index contributed by atoms with van der Waals surface area (Å²) in [4.78, 5) is 7.31. The Labute approximate surface area is 309 Å². The number of rotatable bonds is 6. The number of para-hydroxylation sites is 2. The maximum absolute atomic E-state index is 6.76. The van der Waals surface area contributed by atoms with Gasteiger partial charge in [0.05, 0.1) is 11.1 Å². The van der Waals surface area contributed by atoms with Crippen LogP contribution >= 0.6 is 0 Å². The van der Waals surface area contributed by atoms with Crippen molar-refractivity contribution < 1.29 is 13.3 Å². The van der Waals surface area contributed by atoms with E-state index in [0.717, 1.165) is 94.3 Å². The van der Waals surface area contributed by atoms with E-state index in [2.05, 4.69) is 114 Å². The van der Waals surface area contributed by atoms with Gasteiger partial charge in [-0.25, -0.2) is 4.98 Å². The highest BCUT2D eigenvalue weighted by atomic mass is 16.4. The van der Waals surface area contributed by atoms with Crippen LogP contribution in [0.4, 0.5) is 17.1 Å². The number of fused-ring (bicyclic) bond motifs is 8. The van der Waals surface area contributed by atoms with Crippen molar-refractivity contribution in [1.29, 1.82) is 0 Å². The first-order valence-electron chi connectivity index (χ1n) is 18.0. The normalized spacial score (nSPS) is 11.7. The monoisotopic (exact) mass is 694 g/mol. The highest BCUT2D eigenvalue weighted by molar-refractivity contribution is 6.21. The van der Waals surface area contributed by atoms with Gasteiger partial charge < -0.3 is 18.2 Å². The minimum absolute atomic E-state index is 0.568.